The molecule has 1 amide bonds. The van der Waals surface area contributed by atoms with E-state index >= 15 is 0 Å². The van der Waals surface area contributed by atoms with Gasteiger partial charge < -0.3 is 5.32 Å². The van der Waals surface area contributed by atoms with Crippen molar-refractivity contribution in [3.8, 4) is 0 Å². The fourth-order valence-electron chi connectivity index (χ4n) is 1.64. The molecule has 0 aliphatic carbocycles. The number of hydrogen-bond donors (Lipinski definition) is 2. The van der Waals surface area contributed by atoms with Crippen LogP contribution in [0.15, 0.2) is 59.8 Å². The summed E-state index contributed by atoms with van der Waals surface area (Å²) in [6, 6.07) is 11.4. The van der Waals surface area contributed by atoms with Crippen LogP contribution in [0.2, 0.25) is 0 Å². The van der Waals surface area contributed by atoms with E-state index in [1.165, 1.54) is 18.3 Å². The van der Waals surface area contributed by atoms with Gasteiger partial charge in [-0.15, -0.1) is 0 Å². The zero-order valence-electron chi connectivity index (χ0n) is 11.2. The fraction of sp³-hybridized carbons (Fsp3) is 0.143. The van der Waals surface area contributed by atoms with Gasteiger partial charge in [0.1, 0.15) is 0 Å². The van der Waals surface area contributed by atoms with Crippen molar-refractivity contribution in [2.75, 3.05) is 13.1 Å². The third-order valence-corrected chi connectivity index (χ3v) is 4.16. The van der Waals surface area contributed by atoms with Crippen LogP contribution in [-0.4, -0.2) is 32.4 Å². The lowest BCUT2D eigenvalue weighted by molar-refractivity contribution is 0.0954. The number of sulfonamides is 1. The molecule has 0 atom stereocenters. The van der Waals surface area contributed by atoms with Gasteiger partial charge >= 0.3 is 0 Å². The lowest BCUT2D eigenvalue weighted by Gasteiger charge is -2.08. The maximum Gasteiger partial charge on any atom is 0.252 e. The van der Waals surface area contributed by atoms with Gasteiger partial charge in [0, 0.05) is 25.5 Å². The third kappa shape index (κ3) is 4.37. The summed E-state index contributed by atoms with van der Waals surface area (Å²) in [7, 11) is -3.54. The quantitative estimate of drug-likeness (QED) is 0.772. The van der Waals surface area contributed by atoms with Crippen molar-refractivity contribution in [2.24, 2.45) is 0 Å². The molecule has 21 heavy (non-hydrogen) atoms. The maximum atomic E-state index is 11.9. The molecule has 1 heterocycles. The van der Waals surface area contributed by atoms with E-state index in [4.69, 9.17) is 0 Å². The Morgan fingerprint density at radius 1 is 1.05 bits per heavy atom. The number of carbonyl (C=O) groups is 1. The summed E-state index contributed by atoms with van der Waals surface area (Å²) in [6.45, 7) is 0.309. The number of nitrogens with zero attached hydrogens (tertiary/aromatic N) is 1. The average molecular weight is 305 g/mol. The highest BCUT2D eigenvalue weighted by atomic mass is 32.2. The zero-order valence-corrected chi connectivity index (χ0v) is 12.0. The molecule has 2 rings (SSSR count). The molecule has 0 saturated carbocycles. The van der Waals surface area contributed by atoms with Crippen LogP contribution in [0, 0.1) is 0 Å². The van der Waals surface area contributed by atoms with Crippen LogP contribution in [0.25, 0.3) is 0 Å². The van der Waals surface area contributed by atoms with E-state index in [1.54, 1.807) is 36.5 Å². The van der Waals surface area contributed by atoms with Crippen molar-refractivity contribution in [1.29, 1.82) is 0 Å². The molecule has 2 aromatic rings. The van der Waals surface area contributed by atoms with Crippen molar-refractivity contribution in [3.05, 3.63) is 60.4 Å². The second kappa shape index (κ2) is 6.96. The van der Waals surface area contributed by atoms with Crippen LogP contribution in [0.3, 0.4) is 0 Å². The topological polar surface area (TPSA) is 88.2 Å². The SMILES string of the molecule is O=C(NCCNS(=O)(=O)c1ccccc1)c1cccnc1. The molecule has 0 aliphatic heterocycles. The molecule has 2 N–H and O–H groups in total. The van der Waals surface area contributed by atoms with Crippen molar-refractivity contribution in [2.45, 2.75) is 4.90 Å². The Bertz CT molecular complexity index is 688. The summed E-state index contributed by atoms with van der Waals surface area (Å²) >= 11 is 0. The number of pyridine rings is 1. The lowest BCUT2D eigenvalue weighted by atomic mass is 10.3. The first kappa shape index (κ1) is 15.1. The first-order chi connectivity index (χ1) is 10.1. The largest absolute Gasteiger partial charge is 0.351 e. The number of nitrogens with one attached hydrogen (secondary N) is 2. The van der Waals surface area contributed by atoms with Crippen LogP contribution >= 0.6 is 0 Å². The van der Waals surface area contributed by atoms with Crippen LogP contribution < -0.4 is 10.0 Å². The van der Waals surface area contributed by atoms with E-state index in [2.05, 4.69) is 15.0 Å². The number of hydrogen-bond acceptors (Lipinski definition) is 4. The lowest BCUT2D eigenvalue weighted by Crippen LogP contribution is -2.34. The number of benzene rings is 1. The molecule has 6 nitrogen and oxygen atoms in total. The Morgan fingerprint density at radius 2 is 1.81 bits per heavy atom. The molecule has 0 bridgehead atoms. The van der Waals surface area contributed by atoms with Gasteiger partial charge in [0.25, 0.3) is 5.91 Å². The zero-order chi connectivity index (χ0) is 15.1. The van der Waals surface area contributed by atoms with Crippen molar-refractivity contribution >= 4 is 15.9 Å². The first-order valence-corrected chi connectivity index (χ1v) is 7.81. The fourth-order valence-corrected chi connectivity index (χ4v) is 2.70. The Hall–Kier alpha value is -2.25. The van der Waals surface area contributed by atoms with Crippen molar-refractivity contribution < 1.29 is 13.2 Å². The molecular weight excluding hydrogens is 290 g/mol. The predicted molar refractivity (Wildman–Crippen MR) is 78.2 cm³/mol. The van der Waals surface area contributed by atoms with Gasteiger partial charge in [0.2, 0.25) is 10.0 Å². The van der Waals surface area contributed by atoms with E-state index in [-0.39, 0.29) is 23.9 Å². The summed E-state index contributed by atoms with van der Waals surface area (Å²) in [4.78, 5) is 15.7. The Kier molecular flexibility index (Phi) is 5.02. The smallest absolute Gasteiger partial charge is 0.252 e. The van der Waals surface area contributed by atoms with Crippen molar-refractivity contribution in [3.63, 3.8) is 0 Å². The summed E-state index contributed by atoms with van der Waals surface area (Å²) in [5.74, 6) is -0.290. The van der Waals surface area contributed by atoms with Crippen LogP contribution in [-0.2, 0) is 10.0 Å². The van der Waals surface area contributed by atoms with Crippen molar-refractivity contribution in [1.82, 2.24) is 15.0 Å². The molecule has 7 heteroatoms. The second-order valence-electron chi connectivity index (χ2n) is 4.21. The van der Waals surface area contributed by atoms with Gasteiger partial charge in [-0.2, -0.15) is 0 Å². The average Bonchev–Trinajstić information content (AvgIpc) is 2.53. The van der Waals surface area contributed by atoms with Crippen LogP contribution in [0.4, 0.5) is 0 Å². The molecule has 0 saturated heterocycles. The number of amides is 1. The minimum absolute atomic E-state index is 0.114. The molecule has 1 aromatic heterocycles. The summed E-state index contributed by atoms with van der Waals surface area (Å²) in [6.07, 6.45) is 3.02. The van der Waals surface area contributed by atoms with Gasteiger partial charge in [-0.05, 0) is 24.3 Å². The number of rotatable bonds is 6. The summed E-state index contributed by atoms with van der Waals surface area (Å²) in [5, 5.41) is 2.62. The molecule has 0 fully saturated rings. The number of aromatic nitrogens is 1. The van der Waals surface area contributed by atoms with E-state index in [0.29, 0.717) is 5.56 Å². The van der Waals surface area contributed by atoms with Crippen LogP contribution in [0.5, 0.6) is 0 Å². The molecule has 0 aliphatic rings. The van der Waals surface area contributed by atoms with Gasteiger partial charge in [-0.25, -0.2) is 13.1 Å². The molecule has 1 aromatic carbocycles. The van der Waals surface area contributed by atoms with E-state index in [9.17, 15) is 13.2 Å². The summed E-state index contributed by atoms with van der Waals surface area (Å²) < 4.78 is 26.3. The van der Waals surface area contributed by atoms with Gasteiger partial charge in [-0.1, -0.05) is 18.2 Å². The predicted octanol–water partition coefficient (Wildman–Crippen LogP) is 0.790. The van der Waals surface area contributed by atoms with E-state index in [0.717, 1.165) is 0 Å². The second-order valence-corrected chi connectivity index (χ2v) is 5.98. The third-order valence-electron chi connectivity index (χ3n) is 2.68. The molecular formula is C14H15N3O3S. The van der Waals surface area contributed by atoms with E-state index < -0.39 is 10.0 Å². The molecule has 0 radical (unpaired) electrons. The van der Waals surface area contributed by atoms with Gasteiger partial charge in [-0.3, -0.25) is 9.78 Å². The summed E-state index contributed by atoms with van der Waals surface area (Å²) in [5.41, 5.74) is 0.434. The highest BCUT2D eigenvalue weighted by molar-refractivity contribution is 7.89. The highest BCUT2D eigenvalue weighted by Crippen LogP contribution is 2.06. The standard InChI is InChI=1S/C14H15N3O3S/c18-14(12-5-4-8-15-11-12)16-9-10-17-21(19,20)13-6-2-1-3-7-13/h1-8,11,17H,9-10H2,(H,16,18). The Balaban J connectivity index is 1.81. The molecule has 0 unspecified atom stereocenters. The monoisotopic (exact) mass is 305 g/mol. The maximum absolute atomic E-state index is 11.9. The highest BCUT2D eigenvalue weighted by Gasteiger charge is 2.12. The minimum Gasteiger partial charge on any atom is -0.351 e. The molecule has 110 valence electrons. The first-order valence-electron chi connectivity index (χ1n) is 6.32. The van der Waals surface area contributed by atoms with Gasteiger partial charge in [0.05, 0.1) is 10.5 Å². The van der Waals surface area contributed by atoms with E-state index in [1.807, 2.05) is 0 Å². The Morgan fingerprint density at radius 3 is 2.48 bits per heavy atom. The van der Waals surface area contributed by atoms with Crippen LogP contribution in [0.1, 0.15) is 10.4 Å². The van der Waals surface area contributed by atoms with Gasteiger partial charge in [0.15, 0.2) is 0 Å². The minimum atomic E-state index is -3.54. The number of carbonyl (C=O) groups excluding carboxylic acids is 1. The Labute approximate surface area is 123 Å². The normalized spacial score (nSPS) is 11.0. The molecule has 0 spiro atoms.